The number of nitrogens with zero attached hydrogens (tertiary/aromatic N) is 2. The summed E-state index contributed by atoms with van der Waals surface area (Å²) >= 11 is 13.9. The van der Waals surface area contributed by atoms with Gasteiger partial charge in [-0.05, 0) is 36.9 Å². The van der Waals surface area contributed by atoms with Crippen molar-refractivity contribution >= 4 is 45.4 Å². The van der Waals surface area contributed by atoms with Crippen molar-refractivity contribution in [2.45, 2.75) is 13.8 Å². The monoisotopic (exact) mass is 326 g/mol. The average Bonchev–Trinajstić information content (AvgIpc) is 2.75. The highest BCUT2D eigenvalue weighted by atomic mass is 35.5. The van der Waals surface area contributed by atoms with Gasteiger partial charge in [0, 0.05) is 10.9 Å². The van der Waals surface area contributed by atoms with Crippen LogP contribution in [0.3, 0.4) is 0 Å². The Labute approximate surface area is 129 Å². The van der Waals surface area contributed by atoms with Crippen LogP contribution in [0.25, 0.3) is 21.6 Å². The van der Waals surface area contributed by atoms with E-state index in [9.17, 15) is 4.39 Å². The molecule has 0 unspecified atom stereocenters. The van der Waals surface area contributed by atoms with E-state index in [0.717, 1.165) is 10.4 Å². The van der Waals surface area contributed by atoms with Crippen molar-refractivity contribution in [3.8, 4) is 10.7 Å². The molecule has 0 aliphatic carbocycles. The third kappa shape index (κ3) is 2.08. The fraction of sp³-hybridized carbons (Fsp3) is 0.143. The molecule has 0 bridgehead atoms. The molecule has 0 fully saturated rings. The number of thiophene rings is 1. The second kappa shape index (κ2) is 4.95. The standard InChI is InChI=1S/C14H9Cl2FN2S/c1-6-5-20-12(10(6)15)14-18-11-7(2)9(17)4-3-8(11)13(16)19-14/h3-5H,1-2H3. The topological polar surface area (TPSA) is 25.8 Å². The first-order valence-corrected chi connectivity index (χ1v) is 7.49. The molecule has 3 rings (SSSR count). The van der Waals surface area contributed by atoms with Crippen LogP contribution in [0.1, 0.15) is 11.1 Å². The molecule has 0 saturated heterocycles. The maximum Gasteiger partial charge on any atom is 0.173 e. The van der Waals surface area contributed by atoms with Crippen LogP contribution in [0.2, 0.25) is 10.2 Å². The molecule has 0 N–H and O–H groups in total. The van der Waals surface area contributed by atoms with Gasteiger partial charge in [-0.25, -0.2) is 14.4 Å². The lowest BCUT2D eigenvalue weighted by molar-refractivity contribution is 0.620. The zero-order valence-corrected chi connectivity index (χ0v) is 13.0. The Balaban J connectivity index is 2.34. The van der Waals surface area contributed by atoms with Crippen LogP contribution in [0, 0.1) is 19.7 Å². The Bertz CT molecular complexity index is 830. The summed E-state index contributed by atoms with van der Waals surface area (Å²) in [6.07, 6.45) is 0. The van der Waals surface area contributed by atoms with E-state index in [1.807, 2.05) is 12.3 Å². The molecule has 3 aromatic rings. The van der Waals surface area contributed by atoms with Gasteiger partial charge in [-0.3, -0.25) is 0 Å². The summed E-state index contributed by atoms with van der Waals surface area (Å²) in [4.78, 5) is 9.45. The van der Waals surface area contributed by atoms with Gasteiger partial charge in [0.25, 0.3) is 0 Å². The maximum absolute atomic E-state index is 13.7. The van der Waals surface area contributed by atoms with Gasteiger partial charge in [-0.15, -0.1) is 11.3 Å². The van der Waals surface area contributed by atoms with Gasteiger partial charge in [0.05, 0.1) is 15.4 Å². The van der Waals surface area contributed by atoms with Crippen molar-refractivity contribution in [1.82, 2.24) is 9.97 Å². The summed E-state index contributed by atoms with van der Waals surface area (Å²) in [5.41, 5.74) is 1.93. The van der Waals surface area contributed by atoms with Crippen LogP contribution in [-0.2, 0) is 0 Å². The average molecular weight is 327 g/mol. The first-order valence-electron chi connectivity index (χ1n) is 5.85. The minimum Gasteiger partial charge on any atom is -0.227 e. The van der Waals surface area contributed by atoms with Crippen molar-refractivity contribution in [3.63, 3.8) is 0 Å². The summed E-state index contributed by atoms with van der Waals surface area (Å²) in [7, 11) is 0. The molecule has 1 aromatic carbocycles. The van der Waals surface area contributed by atoms with E-state index >= 15 is 0 Å². The highest BCUT2D eigenvalue weighted by Gasteiger charge is 2.16. The molecule has 0 spiro atoms. The maximum atomic E-state index is 13.7. The molecule has 0 aliphatic rings. The van der Waals surface area contributed by atoms with E-state index in [1.165, 1.54) is 17.4 Å². The van der Waals surface area contributed by atoms with Crippen LogP contribution in [0.15, 0.2) is 17.5 Å². The van der Waals surface area contributed by atoms with Crippen LogP contribution in [0.4, 0.5) is 4.39 Å². The Morgan fingerprint density at radius 1 is 1.15 bits per heavy atom. The summed E-state index contributed by atoms with van der Waals surface area (Å²) in [5.74, 6) is 0.117. The number of fused-ring (bicyclic) bond motifs is 1. The number of aryl methyl sites for hydroxylation is 2. The normalized spacial score (nSPS) is 11.2. The molecule has 2 aromatic heterocycles. The first kappa shape index (κ1) is 13.7. The summed E-state index contributed by atoms with van der Waals surface area (Å²) < 4.78 is 13.7. The van der Waals surface area contributed by atoms with E-state index in [1.54, 1.807) is 13.0 Å². The zero-order valence-electron chi connectivity index (χ0n) is 10.7. The molecule has 0 aliphatic heterocycles. The van der Waals surface area contributed by atoms with Gasteiger partial charge in [0.15, 0.2) is 5.82 Å². The van der Waals surface area contributed by atoms with Crippen molar-refractivity contribution < 1.29 is 4.39 Å². The summed E-state index contributed by atoms with van der Waals surface area (Å²) in [6.45, 7) is 3.59. The number of halogens is 3. The third-order valence-electron chi connectivity index (χ3n) is 3.11. The fourth-order valence-corrected chi connectivity index (χ4v) is 3.40. The molecule has 0 amide bonds. The molecule has 2 heterocycles. The number of benzene rings is 1. The lowest BCUT2D eigenvalue weighted by atomic mass is 10.1. The number of rotatable bonds is 1. The second-order valence-corrected chi connectivity index (χ2v) is 6.08. The lowest BCUT2D eigenvalue weighted by Gasteiger charge is -2.06. The predicted molar refractivity (Wildman–Crippen MR) is 82.3 cm³/mol. The quantitative estimate of drug-likeness (QED) is 0.558. The van der Waals surface area contributed by atoms with E-state index in [-0.39, 0.29) is 5.82 Å². The minimum atomic E-state index is -0.313. The molecular formula is C14H9Cl2FN2S. The van der Waals surface area contributed by atoms with Crippen molar-refractivity contribution in [1.29, 1.82) is 0 Å². The van der Waals surface area contributed by atoms with Crippen LogP contribution in [0.5, 0.6) is 0 Å². The van der Waals surface area contributed by atoms with E-state index in [0.29, 0.717) is 32.5 Å². The number of hydrogen-bond donors (Lipinski definition) is 0. The van der Waals surface area contributed by atoms with Crippen molar-refractivity contribution in [2.24, 2.45) is 0 Å². The van der Waals surface area contributed by atoms with Crippen LogP contribution in [-0.4, -0.2) is 9.97 Å². The largest absolute Gasteiger partial charge is 0.227 e. The van der Waals surface area contributed by atoms with Crippen LogP contribution >= 0.6 is 34.5 Å². The van der Waals surface area contributed by atoms with E-state index in [4.69, 9.17) is 23.2 Å². The van der Waals surface area contributed by atoms with Gasteiger partial charge in [0.2, 0.25) is 0 Å². The van der Waals surface area contributed by atoms with E-state index in [2.05, 4.69) is 9.97 Å². The smallest absolute Gasteiger partial charge is 0.173 e. The van der Waals surface area contributed by atoms with Gasteiger partial charge in [-0.1, -0.05) is 23.2 Å². The SMILES string of the molecule is Cc1csc(-c2nc(Cl)c3ccc(F)c(C)c3n2)c1Cl. The minimum absolute atomic E-state index is 0.301. The van der Waals surface area contributed by atoms with Gasteiger partial charge in [-0.2, -0.15) is 0 Å². The molecule has 0 atom stereocenters. The lowest BCUT2D eigenvalue weighted by Crippen LogP contribution is -1.95. The third-order valence-corrected chi connectivity index (χ3v) is 5.09. The highest BCUT2D eigenvalue weighted by Crippen LogP contribution is 2.36. The molecule has 0 radical (unpaired) electrons. The highest BCUT2D eigenvalue weighted by molar-refractivity contribution is 7.14. The second-order valence-electron chi connectivity index (χ2n) is 4.47. The Morgan fingerprint density at radius 2 is 1.90 bits per heavy atom. The molecule has 6 heteroatoms. The van der Waals surface area contributed by atoms with Gasteiger partial charge < -0.3 is 0 Å². The molecule has 102 valence electrons. The molecule has 20 heavy (non-hydrogen) atoms. The summed E-state index contributed by atoms with van der Waals surface area (Å²) in [6, 6.07) is 2.96. The van der Waals surface area contributed by atoms with Crippen molar-refractivity contribution in [3.05, 3.63) is 44.6 Å². The molecule has 2 nitrogen and oxygen atoms in total. The Morgan fingerprint density at radius 3 is 2.55 bits per heavy atom. The number of hydrogen-bond acceptors (Lipinski definition) is 3. The zero-order chi connectivity index (χ0) is 14.4. The molecule has 0 saturated carbocycles. The Hall–Kier alpha value is -1.23. The predicted octanol–water partition coefficient (Wildman–Crippen LogP) is 5.42. The molecular weight excluding hydrogens is 318 g/mol. The summed E-state index contributed by atoms with van der Waals surface area (Å²) in [5, 5.41) is 3.48. The van der Waals surface area contributed by atoms with Crippen LogP contribution < -0.4 is 0 Å². The number of aromatic nitrogens is 2. The first-order chi connectivity index (χ1) is 9.49. The van der Waals surface area contributed by atoms with E-state index < -0.39 is 0 Å². The van der Waals surface area contributed by atoms with Gasteiger partial charge in [0.1, 0.15) is 11.0 Å². The van der Waals surface area contributed by atoms with Crippen molar-refractivity contribution in [2.75, 3.05) is 0 Å². The van der Waals surface area contributed by atoms with Gasteiger partial charge >= 0.3 is 0 Å². The Kier molecular flexibility index (Phi) is 3.40. The fourth-order valence-electron chi connectivity index (χ4n) is 1.95.